The van der Waals surface area contributed by atoms with Crippen molar-refractivity contribution in [1.82, 2.24) is 0 Å². The molecule has 0 aromatic heterocycles. The van der Waals surface area contributed by atoms with Gasteiger partial charge in [-0.25, -0.2) is 0 Å². The maximum atomic E-state index is 2.57. The fourth-order valence-corrected chi connectivity index (χ4v) is 23.2. The zero-order valence-corrected chi connectivity index (χ0v) is 19.4. The van der Waals surface area contributed by atoms with Crippen molar-refractivity contribution in [2.24, 2.45) is 0 Å². The number of fused-ring (bicyclic) bond motifs is 1. The molecule has 0 amide bonds. The molecule has 1 unspecified atom stereocenters. The van der Waals surface area contributed by atoms with Crippen molar-refractivity contribution in [2.75, 3.05) is 0 Å². The van der Waals surface area contributed by atoms with Crippen LogP contribution in [0, 0.1) is 0 Å². The zero-order chi connectivity index (χ0) is 18.1. The van der Waals surface area contributed by atoms with E-state index in [4.69, 9.17) is 0 Å². The van der Waals surface area contributed by atoms with E-state index in [1.165, 1.54) is 29.5 Å². The summed E-state index contributed by atoms with van der Waals surface area (Å²) in [6, 6.07) is 17.9. The Morgan fingerprint density at radius 1 is 1.04 bits per heavy atom. The maximum absolute atomic E-state index is 2.57. The van der Waals surface area contributed by atoms with Gasteiger partial charge in [0.25, 0.3) is 0 Å². The molecule has 0 N–H and O–H groups in total. The van der Waals surface area contributed by atoms with Crippen molar-refractivity contribution in [3.05, 3.63) is 86.7 Å². The van der Waals surface area contributed by atoms with Crippen LogP contribution in [-0.2, 0) is 20.4 Å². The van der Waals surface area contributed by atoms with Gasteiger partial charge in [0.2, 0.25) is 0 Å². The molecular formula is C24H26SiZr. The van der Waals surface area contributed by atoms with Crippen molar-refractivity contribution in [3.63, 3.8) is 0 Å². The summed E-state index contributed by atoms with van der Waals surface area (Å²) >= 11 is -1.71. The molecule has 130 valence electrons. The Hall–Kier alpha value is -1.24. The molecule has 26 heavy (non-hydrogen) atoms. The number of benzene rings is 2. The normalized spacial score (nSPS) is 17.7. The SMILES string of the molecule is CCC1=Cc2c(-c3ccccc3)cccc2[CH]1[Zr]([C]1=CC=CC1)=[Si](C)C. The summed E-state index contributed by atoms with van der Waals surface area (Å²) in [5.74, 6) is 0. The second kappa shape index (κ2) is 7.79. The van der Waals surface area contributed by atoms with Crippen LogP contribution < -0.4 is 0 Å². The van der Waals surface area contributed by atoms with Gasteiger partial charge in [-0.2, -0.15) is 0 Å². The van der Waals surface area contributed by atoms with Crippen LogP contribution in [0.25, 0.3) is 17.2 Å². The van der Waals surface area contributed by atoms with Crippen LogP contribution in [0.1, 0.15) is 34.5 Å². The van der Waals surface area contributed by atoms with Crippen LogP contribution in [0.5, 0.6) is 0 Å². The van der Waals surface area contributed by atoms with Crippen molar-refractivity contribution < 1.29 is 20.4 Å². The Morgan fingerprint density at radius 2 is 1.85 bits per heavy atom. The van der Waals surface area contributed by atoms with Gasteiger partial charge >= 0.3 is 166 Å². The van der Waals surface area contributed by atoms with E-state index < -0.39 is 20.4 Å². The van der Waals surface area contributed by atoms with Gasteiger partial charge < -0.3 is 0 Å². The minimum atomic E-state index is -1.71. The Labute approximate surface area is 165 Å². The summed E-state index contributed by atoms with van der Waals surface area (Å²) in [6.45, 7) is 7.50. The van der Waals surface area contributed by atoms with E-state index in [1.54, 1.807) is 11.1 Å². The van der Waals surface area contributed by atoms with E-state index >= 15 is 0 Å². The third-order valence-corrected chi connectivity index (χ3v) is 23.9. The quantitative estimate of drug-likeness (QED) is 0.459. The third-order valence-electron chi connectivity index (χ3n) is 5.59. The van der Waals surface area contributed by atoms with Crippen LogP contribution in [0.3, 0.4) is 0 Å². The summed E-state index contributed by atoms with van der Waals surface area (Å²) in [6.07, 6.45) is 12.1. The fourth-order valence-electron chi connectivity index (χ4n) is 4.42. The van der Waals surface area contributed by atoms with E-state index in [-0.39, 0.29) is 5.43 Å². The molecule has 2 aliphatic rings. The third kappa shape index (κ3) is 3.23. The van der Waals surface area contributed by atoms with Crippen LogP contribution in [0.15, 0.2) is 75.6 Å². The van der Waals surface area contributed by atoms with Gasteiger partial charge in [-0.05, 0) is 0 Å². The number of hydrogen-bond acceptors (Lipinski definition) is 0. The first kappa shape index (κ1) is 18.1. The van der Waals surface area contributed by atoms with Gasteiger partial charge in [0.1, 0.15) is 0 Å². The van der Waals surface area contributed by atoms with Crippen molar-refractivity contribution in [3.8, 4) is 11.1 Å². The molecule has 0 saturated carbocycles. The summed E-state index contributed by atoms with van der Waals surface area (Å²) in [5.41, 5.74) is 7.36. The molecule has 0 radical (unpaired) electrons. The predicted molar refractivity (Wildman–Crippen MR) is 112 cm³/mol. The van der Waals surface area contributed by atoms with Crippen LogP contribution >= 0.6 is 0 Å². The summed E-state index contributed by atoms with van der Waals surface area (Å²) in [4.78, 5) is 0. The molecule has 0 heterocycles. The van der Waals surface area contributed by atoms with Crippen LogP contribution in [0.4, 0.5) is 0 Å². The molecule has 0 aliphatic heterocycles. The van der Waals surface area contributed by atoms with Gasteiger partial charge in [0, 0.05) is 0 Å². The first-order valence-corrected chi connectivity index (χ1v) is 18.5. The molecule has 2 heteroatoms. The Balaban J connectivity index is 1.88. The van der Waals surface area contributed by atoms with Crippen molar-refractivity contribution in [2.45, 2.75) is 36.5 Å². The molecule has 0 fully saturated rings. The molecule has 1 atom stereocenters. The molecule has 0 saturated heterocycles. The van der Waals surface area contributed by atoms with Gasteiger partial charge in [-0.15, -0.1) is 0 Å². The minimum absolute atomic E-state index is 0.252. The average molecular weight is 434 g/mol. The topological polar surface area (TPSA) is 0 Å². The summed E-state index contributed by atoms with van der Waals surface area (Å²) < 4.78 is 2.60. The van der Waals surface area contributed by atoms with Crippen LogP contribution in [0.2, 0.25) is 13.1 Å². The van der Waals surface area contributed by atoms with E-state index in [9.17, 15) is 0 Å². The summed E-state index contributed by atoms with van der Waals surface area (Å²) in [7, 11) is 0. The molecule has 0 spiro atoms. The zero-order valence-electron chi connectivity index (χ0n) is 15.9. The van der Waals surface area contributed by atoms with E-state index in [0.717, 1.165) is 3.63 Å². The Morgan fingerprint density at radius 3 is 2.50 bits per heavy atom. The standard InChI is InChI=1S/C17H15.C5H5.C2H6Si.Zr/c1-2-13-11-15-9-6-10-16(17(15)12-13)14-7-4-3-5-8-14;1-2-4-5-3-1;1-3-2;/h3-12H,2H2,1H3;1-3H,4H2;1-2H3;. The molecule has 0 nitrogen and oxygen atoms in total. The van der Waals surface area contributed by atoms with Crippen LogP contribution in [-0.4, -0.2) is 5.43 Å². The second-order valence-electron chi connectivity index (χ2n) is 7.42. The molecule has 0 bridgehead atoms. The number of rotatable bonds is 4. The monoisotopic (exact) mass is 432 g/mol. The molecule has 2 aromatic rings. The Bertz CT molecular complexity index is 957. The van der Waals surface area contributed by atoms with E-state index in [1.807, 2.05) is 3.28 Å². The van der Waals surface area contributed by atoms with Crippen molar-refractivity contribution >= 4 is 11.5 Å². The van der Waals surface area contributed by atoms with E-state index in [2.05, 4.69) is 92.9 Å². The second-order valence-corrected chi connectivity index (χ2v) is 25.0. The van der Waals surface area contributed by atoms with Gasteiger partial charge in [0.15, 0.2) is 0 Å². The predicted octanol–water partition coefficient (Wildman–Crippen LogP) is 6.91. The van der Waals surface area contributed by atoms with Gasteiger partial charge in [-0.1, -0.05) is 0 Å². The van der Waals surface area contributed by atoms with Crippen molar-refractivity contribution in [1.29, 1.82) is 0 Å². The number of hydrogen-bond donors (Lipinski definition) is 0. The first-order chi connectivity index (χ1) is 12.7. The first-order valence-electron chi connectivity index (χ1n) is 9.63. The fraction of sp³-hybridized carbons (Fsp3) is 0.250. The number of allylic oxidation sites excluding steroid dienone is 5. The molecule has 2 aromatic carbocycles. The summed E-state index contributed by atoms with van der Waals surface area (Å²) in [5, 5.41) is 0. The molecule has 2 aliphatic carbocycles. The molecule has 4 rings (SSSR count). The van der Waals surface area contributed by atoms with Gasteiger partial charge in [0.05, 0.1) is 0 Å². The van der Waals surface area contributed by atoms with E-state index in [0.29, 0.717) is 0 Å². The van der Waals surface area contributed by atoms with Gasteiger partial charge in [-0.3, -0.25) is 0 Å². The molecular weight excluding hydrogens is 408 g/mol. The Kier molecular flexibility index (Phi) is 5.43. The average Bonchev–Trinajstić information content (AvgIpc) is 3.31.